The molecule has 0 aromatic carbocycles. The largest absolute Gasteiger partial charge is 0.387 e. The van der Waals surface area contributed by atoms with Gasteiger partial charge in [-0.2, -0.15) is 5.26 Å². The zero-order chi connectivity index (χ0) is 12.9. The summed E-state index contributed by atoms with van der Waals surface area (Å²) in [5.41, 5.74) is 0.744. The molecular formula is C14H22N2O. The van der Waals surface area contributed by atoms with E-state index < -0.39 is 6.10 Å². The highest BCUT2D eigenvalue weighted by Crippen LogP contribution is 2.22. The number of hydrogen-bond acceptors (Lipinski definition) is 2. The number of nitriles is 1. The summed E-state index contributed by atoms with van der Waals surface area (Å²) < 4.78 is 2.09. The predicted octanol–water partition coefficient (Wildman–Crippen LogP) is 3.26. The first-order chi connectivity index (χ1) is 7.96. The molecule has 1 heterocycles. The van der Waals surface area contributed by atoms with Crippen LogP contribution in [0.5, 0.6) is 0 Å². The maximum atomic E-state index is 9.55. The lowest BCUT2D eigenvalue weighted by atomic mass is 9.89. The molecule has 0 amide bonds. The molecule has 1 N–H and O–H groups in total. The topological polar surface area (TPSA) is 49.0 Å². The lowest BCUT2D eigenvalue weighted by Gasteiger charge is -2.15. The first-order valence-corrected chi connectivity index (χ1v) is 6.20. The van der Waals surface area contributed by atoms with Gasteiger partial charge in [-0.05, 0) is 45.7 Å². The molecule has 1 unspecified atom stereocenters. The molecule has 1 aromatic heterocycles. The third-order valence-corrected chi connectivity index (χ3v) is 3.05. The zero-order valence-corrected chi connectivity index (χ0v) is 11.0. The van der Waals surface area contributed by atoms with Gasteiger partial charge in [0, 0.05) is 18.4 Å². The van der Waals surface area contributed by atoms with Crippen LogP contribution in [0.1, 0.15) is 51.8 Å². The molecule has 1 aromatic rings. The van der Waals surface area contributed by atoms with Crippen LogP contribution in [0.25, 0.3) is 0 Å². The van der Waals surface area contributed by atoms with Crippen molar-refractivity contribution in [1.29, 1.82) is 5.26 Å². The Morgan fingerprint density at radius 3 is 2.76 bits per heavy atom. The predicted molar refractivity (Wildman–Crippen MR) is 68.3 cm³/mol. The normalized spacial score (nSPS) is 13.4. The molecule has 0 bridgehead atoms. The number of aliphatic hydroxyl groups excluding tert-OH is 1. The second kappa shape index (κ2) is 5.88. The van der Waals surface area contributed by atoms with Gasteiger partial charge >= 0.3 is 0 Å². The zero-order valence-electron chi connectivity index (χ0n) is 11.0. The van der Waals surface area contributed by atoms with E-state index in [2.05, 4.69) is 10.6 Å². The minimum absolute atomic E-state index is 0.218. The number of aryl methyl sites for hydroxylation is 1. The molecule has 0 spiro atoms. The summed E-state index contributed by atoms with van der Waals surface area (Å²) >= 11 is 0. The van der Waals surface area contributed by atoms with Crippen molar-refractivity contribution >= 4 is 0 Å². The monoisotopic (exact) mass is 234 g/mol. The molecule has 3 heteroatoms. The number of aliphatic hydroxyl groups is 1. The molecule has 94 valence electrons. The second-order valence-electron chi connectivity index (χ2n) is 5.26. The summed E-state index contributed by atoms with van der Waals surface area (Å²) in [5, 5.41) is 18.5. The quantitative estimate of drug-likeness (QED) is 0.768. The third kappa shape index (κ3) is 4.24. The molecule has 0 radical (unpaired) electrons. The highest BCUT2D eigenvalue weighted by Gasteiger charge is 2.15. The lowest BCUT2D eigenvalue weighted by molar-refractivity contribution is 0.188. The lowest BCUT2D eigenvalue weighted by Crippen LogP contribution is -2.09. The second-order valence-corrected chi connectivity index (χ2v) is 5.26. The van der Waals surface area contributed by atoms with Crippen LogP contribution in [-0.2, 0) is 6.54 Å². The van der Waals surface area contributed by atoms with E-state index >= 15 is 0 Å². The summed E-state index contributed by atoms with van der Waals surface area (Å²) in [4.78, 5) is 0. The van der Waals surface area contributed by atoms with E-state index in [0.29, 0.717) is 0 Å². The summed E-state index contributed by atoms with van der Waals surface area (Å²) in [5.74, 6) is 0. The van der Waals surface area contributed by atoms with Crippen LogP contribution >= 0.6 is 0 Å². The van der Waals surface area contributed by atoms with E-state index in [-0.39, 0.29) is 5.41 Å². The molecular weight excluding hydrogens is 212 g/mol. The van der Waals surface area contributed by atoms with Gasteiger partial charge in [-0.15, -0.1) is 0 Å². The summed E-state index contributed by atoms with van der Waals surface area (Å²) in [6.07, 6.45) is 4.59. The standard InChI is InChI=1S/C14H22N2O/c1-12(17)13-7-6-10-16(13)9-5-4-8-14(2,3)11-15/h6-7,10,12,17H,4-5,8-9H2,1-3H3. The number of aromatic nitrogens is 1. The fourth-order valence-electron chi connectivity index (χ4n) is 1.92. The SMILES string of the molecule is CC(O)c1cccn1CCCCC(C)(C)C#N. The maximum absolute atomic E-state index is 9.55. The van der Waals surface area contributed by atoms with Crippen molar-refractivity contribution in [1.82, 2.24) is 4.57 Å². The molecule has 0 aliphatic heterocycles. The average molecular weight is 234 g/mol. The van der Waals surface area contributed by atoms with Gasteiger partial charge in [0.25, 0.3) is 0 Å². The number of hydrogen-bond donors (Lipinski definition) is 1. The smallest absolute Gasteiger partial charge is 0.0911 e. The molecule has 0 aliphatic carbocycles. The minimum Gasteiger partial charge on any atom is -0.387 e. The Morgan fingerprint density at radius 1 is 1.47 bits per heavy atom. The molecule has 3 nitrogen and oxygen atoms in total. The van der Waals surface area contributed by atoms with E-state index in [9.17, 15) is 5.11 Å². The molecule has 0 saturated heterocycles. The number of rotatable bonds is 6. The Bertz CT molecular complexity index is 385. The third-order valence-electron chi connectivity index (χ3n) is 3.05. The molecule has 0 aliphatic rings. The van der Waals surface area contributed by atoms with Gasteiger partial charge in [0.1, 0.15) is 0 Å². The van der Waals surface area contributed by atoms with Crippen LogP contribution in [0.4, 0.5) is 0 Å². The Morgan fingerprint density at radius 2 is 2.18 bits per heavy atom. The van der Waals surface area contributed by atoms with Crippen molar-refractivity contribution in [3.05, 3.63) is 24.0 Å². The van der Waals surface area contributed by atoms with Crippen molar-refractivity contribution in [3.8, 4) is 6.07 Å². The van der Waals surface area contributed by atoms with Crippen molar-refractivity contribution in [2.45, 2.75) is 52.7 Å². The van der Waals surface area contributed by atoms with E-state index in [1.54, 1.807) is 6.92 Å². The average Bonchev–Trinajstić information content (AvgIpc) is 2.73. The van der Waals surface area contributed by atoms with E-state index in [4.69, 9.17) is 5.26 Å². The number of nitrogens with zero attached hydrogens (tertiary/aromatic N) is 2. The Hall–Kier alpha value is -1.27. The summed E-state index contributed by atoms with van der Waals surface area (Å²) in [6, 6.07) is 6.23. The van der Waals surface area contributed by atoms with E-state index in [0.717, 1.165) is 31.5 Å². The van der Waals surface area contributed by atoms with Crippen LogP contribution in [0.3, 0.4) is 0 Å². The van der Waals surface area contributed by atoms with Gasteiger partial charge in [-0.25, -0.2) is 0 Å². The summed E-state index contributed by atoms with van der Waals surface area (Å²) in [7, 11) is 0. The van der Waals surface area contributed by atoms with Gasteiger partial charge in [0.15, 0.2) is 0 Å². The Labute approximate surface area is 104 Å². The fraction of sp³-hybridized carbons (Fsp3) is 0.643. The van der Waals surface area contributed by atoms with Gasteiger partial charge in [-0.1, -0.05) is 6.42 Å². The van der Waals surface area contributed by atoms with Gasteiger partial charge in [-0.3, -0.25) is 0 Å². The van der Waals surface area contributed by atoms with Crippen LogP contribution in [0.2, 0.25) is 0 Å². The van der Waals surface area contributed by atoms with Crippen LogP contribution < -0.4 is 0 Å². The molecule has 1 atom stereocenters. The molecule has 0 saturated carbocycles. The molecule has 0 fully saturated rings. The van der Waals surface area contributed by atoms with Crippen molar-refractivity contribution in [2.24, 2.45) is 5.41 Å². The Kier molecular flexibility index (Phi) is 4.77. The van der Waals surface area contributed by atoms with Gasteiger partial charge in [0.05, 0.1) is 17.6 Å². The Balaban J connectivity index is 2.37. The maximum Gasteiger partial charge on any atom is 0.0911 e. The van der Waals surface area contributed by atoms with E-state index in [1.807, 2.05) is 32.2 Å². The van der Waals surface area contributed by atoms with Gasteiger partial charge < -0.3 is 9.67 Å². The van der Waals surface area contributed by atoms with Gasteiger partial charge in [0.2, 0.25) is 0 Å². The minimum atomic E-state index is -0.416. The highest BCUT2D eigenvalue weighted by molar-refractivity contribution is 5.09. The van der Waals surface area contributed by atoms with Crippen LogP contribution in [0, 0.1) is 16.7 Å². The van der Waals surface area contributed by atoms with E-state index in [1.165, 1.54) is 0 Å². The molecule has 1 rings (SSSR count). The van der Waals surface area contributed by atoms with Crippen LogP contribution in [0.15, 0.2) is 18.3 Å². The van der Waals surface area contributed by atoms with Crippen molar-refractivity contribution in [3.63, 3.8) is 0 Å². The van der Waals surface area contributed by atoms with Crippen LogP contribution in [-0.4, -0.2) is 9.67 Å². The first-order valence-electron chi connectivity index (χ1n) is 6.20. The molecule has 17 heavy (non-hydrogen) atoms. The fourth-order valence-corrected chi connectivity index (χ4v) is 1.92. The van der Waals surface area contributed by atoms with Crippen molar-refractivity contribution < 1.29 is 5.11 Å². The highest BCUT2D eigenvalue weighted by atomic mass is 16.3. The number of unbranched alkanes of at least 4 members (excludes halogenated alkanes) is 1. The van der Waals surface area contributed by atoms with Crippen molar-refractivity contribution in [2.75, 3.05) is 0 Å². The first kappa shape index (κ1) is 13.8. The summed E-state index contributed by atoms with van der Waals surface area (Å²) in [6.45, 7) is 6.65.